The van der Waals surface area contributed by atoms with Crippen LogP contribution in [-0.2, 0) is 28.6 Å². The van der Waals surface area contributed by atoms with Crippen LogP contribution in [0.4, 0.5) is 0 Å². The number of rotatable bonds is 65. The molecule has 0 saturated carbocycles. The number of esters is 3. The quantitative estimate of drug-likeness (QED) is 0.0261. The Morgan fingerprint density at radius 1 is 0.253 bits per heavy atom. The van der Waals surface area contributed by atoms with Crippen LogP contribution in [0.1, 0.15) is 380 Å². The van der Waals surface area contributed by atoms with Gasteiger partial charge in [0.05, 0.1) is 0 Å². The van der Waals surface area contributed by atoms with Crippen molar-refractivity contribution in [2.24, 2.45) is 0 Å². The highest BCUT2D eigenvalue weighted by atomic mass is 16.6. The van der Waals surface area contributed by atoms with Crippen molar-refractivity contribution in [1.82, 2.24) is 0 Å². The van der Waals surface area contributed by atoms with Gasteiger partial charge in [-0.15, -0.1) is 0 Å². The molecule has 462 valence electrons. The molecule has 0 aliphatic heterocycles. The van der Waals surface area contributed by atoms with E-state index in [9.17, 15) is 14.4 Å². The van der Waals surface area contributed by atoms with Crippen molar-refractivity contribution in [3.05, 3.63) is 48.6 Å². The average Bonchev–Trinajstić information content (AvgIpc) is 3.45. The van der Waals surface area contributed by atoms with Gasteiger partial charge in [0, 0.05) is 19.3 Å². The molecule has 0 radical (unpaired) electrons. The van der Waals surface area contributed by atoms with Crippen LogP contribution in [0, 0.1) is 0 Å². The maximum absolute atomic E-state index is 12.9. The maximum Gasteiger partial charge on any atom is 0.306 e. The summed E-state index contributed by atoms with van der Waals surface area (Å²) in [4.78, 5) is 38.2. The Hall–Kier alpha value is -2.63. The van der Waals surface area contributed by atoms with Crippen molar-refractivity contribution in [2.45, 2.75) is 386 Å². The minimum Gasteiger partial charge on any atom is -0.462 e. The average molecular weight is 1110 g/mol. The highest BCUT2D eigenvalue weighted by Crippen LogP contribution is 2.18. The molecule has 0 fully saturated rings. The number of ether oxygens (including phenoxy) is 3. The Labute approximate surface area is 492 Å². The molecule has 6 heteroatoms. The third-order valence-corrected chi connectivity index (χ3v) is 15.8. The van der Waals surface area contributed by atoms with Crippen molar-refractivity contribution in [1.29, 1.82) is 0 Å². The van der Waals surface area contributed by atoms with Crippen LogP contribution >= 0.6 is 0 Å². The Bertz CT molecular complexity index is 1360. The van der Waals surface area contributed by atoms with Gasteiger partial charge in [0.25, 0.3) is 0 Å². The van der Waals surface area contributed by atoms with Crippen LogP contribution in [-0.4, -0.2) is 37.2 Å². The van der Waals surface area contributed by atoms with E-state index in [0.29, 0.717) is 19.3 Å². The monoisotopic (exact) mass is 1110 g/mol. The molecule has 0 amide bonds. The van der Waals surface area contributed by atoms with Gasteiger partial charge in [-0.3, -0.25) is 14.4 Å². The minimum absolute atomic E-state index is 0.0720. The van der Waals surface area contributed by atoms with E-state index < -0.39 is 6.10 Å². The second-order valence-corrected chi connectivity index (χ2v) is 23.8. The number of carbonyl (C=O) groups excluding carboxylic acids is 3. The zero-order valence-corrected chi connectivity index (χ0v) is 53.2. The molecule has 0 rings (SSSR count). The lowest BCUT2D eigenvalue weighted by molar-refractivity contribution is -0.167. The lowest BCUT2D eigenvalue weighted by Crippen LogP contribution is -2.30. The largest absolute Gasteiger partial charge is 0.462 e. The van der Waals surface area contributed by atoms with Crippen LogP contribution < -0.4 is 0 Å². The van der Waals surface area contributed by atoms with Crippen molar-refractivity contribution >= 4 is 17.9 Å². The lowest BCUT2D eigenvalue weighted by Gasteiger charge is -2.18. The minimum atomic E-state index is -0.774. The fourth-order valence-electron chi connectivity index (χ4n) is 10.5. The summed E-state index contributed by atoms with van der Waals surface area (Å²) in [5, 5.41) is 0. The first-order valence-electron chi connectivity index (χ1n) is 35.1. The summed E-state index contributed by atoms with van der Waals surface area (Å²) in [5.74, 6) is -0.865. The summed E-state index contributed by atoms with van der Waals surface area (Å²) < 4.78 is 16.9. The molecule has 0 aromatic heterocycles. The number of carbonyl (C=O) groups is 3. The number of allylic oxidation sites excluding steroid dienone is 8. The van der Waals surface area contributed by atoms with E-state index in [0.717, 1.165) is 77.0 Å². The van der Waals surface area contributed by atoms with E-state index in [1.165, 1.54) is 263 Å². The summed E-state index contributed by atoms with van der Waals surface area (Å²) in [6.45, 7) is 6.63. The molecule has 1 unspecified atom stereocenters. The molecular formula is C73H134O6. The third-order valence-electron chi connectivity index (χ3n) is 15.8. The van der Waals surface area contributed by atoms with Crippen LogP contribution in [0.25, 0.3) is 0 Å². The Morgan fingerprint density at radius 3 is 0.722 bits per heavy atom. The maximum atomic E-state index is 12.9. The number of hydrogen-bond acceptors (Lipinski definition) is 6. The highest BCUT2D eigenvalue weighted by Gasteiger charge is 2.19. The second kappa shape index (κ2) is 67.9. The van der Waals surface area contributed by atoms with E-state index in [1.54, 1.807) is 0 Å². The first-order chi connectivity index (χ1) is 39.0. The van der Waals surface area contributed by atoms with Crippen LogP contribution in [0.3, 0.4) is 0 Å². The highest BCUT2D eigenvalue weighted by molar-refractivity contribution is 5.71. The third kappa shape index (κ3) is 66.1. The van der Waals surface area contributed by atoms with Crippen LogP contribution in [0.2, 0.25) is 0 Å². The molecule has 0 spiro atoms. The van der Waals surface area contributed by atoms with Gasteiger partial charge in [-0.1, -0.05) is 326 Å². The zero-order valence-electron chi connectivity index (χ0n) is 53.2. The Balaban J connectivity index is 4.03. The zero-order chi connectivity index (χ0) is 57.1. The Morgan fingerprint density at radius 2 is 0.456 bits per heavy atom. The summed E-state index contributed by atoms with van der Waals surface area (Å²) in [7, 11) is 0. The number of hydrogen-bond donors (Lipinski definition) is 0. The van der Waals surface area contributed by atoms with Gasteiger partial charge in [-0.25, -0.2) is 0 Å². The smallest absolute Gasteiger partial charge is 0.306 e. The topological polar surface area (TPSA) is 78.9 Å². The molecule has 0 saturated heterocycles. The van der Waals surface area contributed by atoms with Gasteiger partial charge in [0.2, 0.25) is 0 Å². The molecular weight excluding hydrogens is 973 g/mol. The first-order valence-corrected chi connectivity index (χ1v) is 35.1. The molecule has 1 atom stereocenters. The van der Waals surface area contributed by atoms with E-state index in [1.807, 2.05) is 0 Å². The molecule has 0 aromatic rings. The van der Waals surface area contributed by atoms with Crippen molar-refractivity contribution in [3.63, 3.8) is 0 Å². The van der Waals surface area contributed by atoms with Crippen molar-refractivity contribution in [2.75, 3.05) is 13.2 Å². The number of unbranched alkanes of at least 4 members (excludes halogenated alkanes) is 46. The standard InChI is InChI=1S/C73H134O6/c1-4-7-10-13-16-18-20-22-24-26-28-30-32-33-34-35-36-37-38-39-41-42-44-46-48-50-52-54-57-60-63-66-72(75)78-69-70(68-77-71(74)65-62-59-56-15-12-9-6-3)79-73(76)67-64-61-58-55-53-51-49-47-45-43-40-31-29-27-25-23-21-19-17-14-11-8-5-2/h21,23,26-29,40,43,70H,4-20,22,24-25,30-39,41-42,44-69H2,1-3H3/b23-21-,28-26-,29-27-,43-40-. The predicted molar refractivity (Wildman–Crippen MR) is 344 cm³/mol. The summed E-state index contributed by atoms with van der Waals surface area (Å²) in [6.07, 6.45) is 86.0. The van der Waals surface area contributed by atoms with Gasteiger partial charge in [0.1, 0.15) is 13.2 Å². The summed E-state index contributed by atoms with van der Waals surface area (Å²) >= 11 is 0. The van der Waals surface area contributed by atoms with E-state index >= 15 is 0 Å². The molecule has 0 N–H and O–H groups in total. The van der Waals surface area contributed by atoms with Gasteiger partial charge in [-0.2, -0.15) is 0 Å². The molecule has 0 aromatic carbocycles. The van der Waals surface area contributed by atoms with Crippen molar-refractivity contribution < 1.29 is 28.6 Å². The molecule has 0 heterocycles. The molecule has 0 bridgehead atoms. The van der Waals surface area contributed by atoms with Crippen molar-refractivity contribution in [3.8, 4) is 0 Å². The molecule has 6 nitrogen and oxygen atoms in total. The first kappa shape index (κ1) is 76.4. The van der Waals surface area contributed by atoms with Gasteiger partial charge < -0.3 is 14.2 Å². The fourth-order valence-corrected chi connectivity index (χ4v) is 10.5. The van der Waals surface area contributed by atoms with Crippen LogP contribution in [0.5, 0.6) is 0 Å². The van der Waals surface area contributed by atoms with E-state index in [2.05, 4.69) is 69.4 Å². The fraction of sp³-hybridized carbons (Fsp3) is 0.849. The normalized spacial score (nSPS) is 12.3. The lowest BCUT2D eigenvalue weighted by atomic mass is 10.0. The molecule has 0 aliphatic rings. The van der Waals surface area contributed by atoms with Gasteiger partial charge in [0.15, 0.2) is 6.10 Å². The van der Waals surface area contributed by atoms with Gasteiger partial charge in [-0.05, 0) is 83.5 Å². The molecule has 79 heavy (non-hydrogen) atoms. The van der Waals surface area contributed by atoms with Gasteiger partial charge >= 0.3 is 17.9 Å². The predicted octanol–water partition coefficient (Wildman–Crippen LogP) is 24.1. The SMILES string of the molecule is CCCCCCC/C=C\C/C=C\C/C=C\CCCCCCCCCCC(=O)OC(COC(=O)CCCCCCCCC)COC(=O)CCCCCCCCCCCCCCCCCCCCC/C=C\CCCCCCCCCC. The second-order valence-electron chi connectivity index (χ2n) is 23.8. The summed E-state index contributed by atoms with van der Waals surface area (Å²) in [5.41, 5.74) is 0. The molecule has 0 aliphatic carbocycles. The van der Waals surface area contributed by atoms with E-state index in [4.69, 9.17) is 14.2 Å². The summed E-state index contributed by atoms with van der Waals surface area (Å²) in [6, 6.07) is 0. The van der Waals surface area contributed by atoms with E-state index in [-0.39, 0.29) is 31.1 Å². The Kier molecular flexibility index (Phi) is 65.6. The van der Waals surface area contributed by atoms with Crippen LogP contribution in [0.15, 0.2) is 48.6 Å².